The minimum atomic E-state index is -0.200. The van der Waals surface area contributed by atoms with E-state index in [9.17, 15) is 4.79 Å². The number of hydrogen-bond donors (Lipinski definition) is 0. The lowest BCUT2D eigenvalue weighted by Crippen LogP contribution is -2.60. The van der Waals surface area contributed by atoms with Gasteiger partial charge in [-0.2, -0.15) is 0 Å². The van der Waals surface area contributed by atoms with Crippen LogP contribution < -0.4 is 0 Å². The fraction of sp³-hybridized carbons (Fsp3) is 0.650. The molecule has 1 aromatic carbocycles. The second kappa shape index (κ2) is 8.49. The summed E-state index contributed by atoms with van der Waals surface area (Å²) in [6, 6.07) is 5.82. The average Bonchev–Trinajstić information content (AvgIpc) is 2.41. The van der Waals surface area contributed by atoms with Crippen LogP contribution in [0.1, 0.15) is 69.4 Å². The van der Waals surface area contributed by atoms with Crippen molar-refractivity contribution in [3.8, 4) is 0 Å². The van der Waals surface area contributed by atoms with E-state index in [1.807, 2.05) is 25.1 Å². The van der Waals surface area contributed by atoms with Crippen LogP contribution in [0.2, 0.25) is 0 Å². The molecule has 1 aliphatic heterocycles. The first kappa shape index (κ1) is 19.7. The molecule has 1 aliphatic rings. The third-order valence-corrected chi connectivity index (χ3v) is 4.03. The van der Waals surface area contributed by atoms with Crippen molar-refractivity contribution in [2.75, 3.05) is 13.1 Å². The van der Waals surface area contributed by atoms with Gasteiger partial charge in [0.05, 0.1) is 5.56 Å². The summed E-state index contributed by atoms with van der Waals surface area (Å²) in [5.74, 6) is -0.200. The summed E-state index contributed by atoms with van der Waals surface area (Å²) in [5, 5.41) is 0. The van der Waals surface area contributed by atoms with E-state index in [2.05, 4.69) is 46.4 Å². The summed E-state index contributed by atoms with van der Waals surface area (Å²) in [5.41, 5.74) is 3.26. The lowest BCUT2D eigenvalue weighted by molar-refractivity contribution is -0.0645. The van der Waals surface area contributed by atoms with Crippen molar-refractivity contribution in [2.24, 2.45) is 0 Å². The molecule has 0 aliphatic carbocycles. The van der Waals surface area contributed by atoms with E-state index >= 15 is 0 Å². The maximum absolute atomic E-state index is 12.1. The number of ether oxygens (including phenoxy) is 1. The fourth-order valence-electron chi connectivity index (χ4n) is 2.50. The van der Waals surface area contributed by atoms with Gasteiger partial charge in [-0.25, -0.2) is 4.79 Å². The standard InChI is InChI=1S/C17H25NO2.C3H8/c1-6-13-7-8-14(9-12(13)2)16(19)20-15-10-18(11-15)17(3,4)5;1-3-2/h7-9,15H,6,10-11H2,1-5H3;3H2,1-2H3. The predicted molar refractivity (Wildman–Crippen MR) is 97.1 cm³/mol. The zero-order valence-corrected chi connectivity index (χ0v) is 15.9. The maximum Gasteiger partial charge on any atom is 0.338 e. The van der Waals surface area contributed by atoms with Gasteiger partial charge in [-0.3, -0.25) is 4.90 Å². The van der Waals surface area contributed by atoms with Crippen molar-refractivity contribution in [1.29, 1.82) is 0 Å². The van der Waals surface area contributed by atoms with E-state index in [0.717, 1.165) is 25.1 Å². The van der Waals surface area contributed by atoms with E-state index in [1.165, 1.54) is 12.0 Å². The Hall–Kier alpha value is -1.35. The molecule has 0 bridgehead atoms. The largest absolute Gasteiger partial charge is 0.456 e. The van der Waals surface area contributed by atoms with Crippen LogP contribution in [-0.4, -0.2) is 35.6 Å². The lowest BCUT2D eigenvalue weighted by atomic mass is 9.99. The van der Waals surface area contributed by atoms with Gasteiger partial charge in [0.25, 0.3) is 0 Å². The molecule has 1 heterocycles. The molecule has 3 nitrogen and oxygen atoms in total. The molecule has 0 unspecified atom stereocenters. The molecule has 0 N–H and O–H groups in total. The molecule has 0 atom stereocenters. The first-order chi connectivity index (χ1) is 10.7. The Morgan fingerprint density at radius 1 is 1.22 bits per heavy atom. The lowest BCUT2D eigenvalue weighted by Gasteiger charge is -2.46. The molecule has 23 heavy (non-hydrogen) atoms. The highest BCUT2D eigenvalue weighted by molar-refractivity contribution is 5.89. The molecule has 1 saturated heterocycles. The van der Waals surface area contributed by atoms with Crippen LogP contribution in [0.25, 0.3) is 0 Å². The number of hydrogen-bond acceptors (Lipinski definition) is 3. The van der Waals surface area contributed by atoms with E-state index in [4.69, 9.17) is 4.74 Å². The smallest absolute Gasteiger partial charge is 0.338 e. The number of aryl methyl sites for hydroxylation is 2. The molecule has 0 saturated carbocycles. The molecule has 1 fully saturated rings. The van der Waals surface area contributed by atoms with Crippen molar-refractivity contribution < 1.29 is 9.53 Å². The Balaban J connectivity index is 0.000000816. The topological polar surface area (TPSA) is 29.5 Å². The first-order valence-corrected chi connectivity index (χ1v) is 8.78. The molecule has 0 amide bonds. The molecule has 1 aromatic rings. The molecule has 0 spiro atoms. The highest BCUT2D eigenvalue weighted by Gasteiger charge is 2.36. The second-order valence-corrected chi connectivity index (χ2v) is 7.31. The summed E-state index contributed by atoms with van der Waals surface area (Å²) in [7, 11) is 0. The van der Waals surface area contributed by atoms with Crippen molar-refractivity contribution in [3.05, 3.63) is 34.9 Å². The third-order valence-electron chi connectivity index (χ3n) is 4.03. The van der Waals surface area contributed by atoms with Gasteiger partial charge in [0.15, 0.2) is 0 Å². The second-order valence-electron chi connectivity index (χ2n) is 7.31. The molecule has 2 rings (SSSR count). The van der Waals surface area contributed by atoms with Gasteiger partial charge < -0.3 is 4.74 Å². The maximum atomic E-state index is 12.1. The summed E-state index contributed by atoms with van der Waals surface area (Å²) >= 11 is 0. The van der Waals surface area contributed by atoms with Gasteiger partial charge in [0, 0.05) is 18.6 Å². The molecular weight excluding hydrogens is 286 g/mol. The van der Waals surface area contributed by atoms with Crippen LogP contribution in [0, 0.1) is 6.92 Å². The highest BCUT2D eigenvalue weighted by atomic mass is 16.5. The molecule has 0 aromatic heterocycles. The monoisotopic (exact) mass is 319 g/mol. The van der Waals surface area contributed by atoms with Gasteiger partial charge in [-0.15, -0.1) is 0 Å². The number of esters is 1. The summed E-state index contributed by atoms with van der Waals surface area (Å²) in [6.45, 7) is 16.6. The number of carbonyl (C=O) groups excluding carboxylic acids is 1. The van der Waals surface area contributed by atoms with Crippen molar-refractivity contribution in [2.45, 2.75) is 73.0 Å². The Labute approximate surface area is 142 Å². The first-order valence-electron chi connectivity index (χ1n) is 8.78. The van der Waals surface area contributed by atoms with Crippen LogP contribution >= 0.6 is 0 Å². The van der Waals surface area contributed by atoms with Gasteiger partial charge in [0.2, 0.25) is 0 Å². The van der Waals surface area contributed by atoms with Gasteiger partial charge in [0.1, 0.15) is 6.10 Å². The average molecular weight is 319 g/mol. The van der Waals surface area contributed by atoms with Crippen molar-refractivity contribution in [3.63, 3.8) is 0 Å². The zero-order valence-electron chi connectivity index (χ0n) is 15.9. The Morgan fingerprint density at radius 2 is 1.78 bits per heavy atom. The van der Waals surface area contributed by atoms with Crippen LogP contribution in [0.15, 0.2) is 18.2 Å². The van der Waals surface area contributed by atoms with Gasteiger partial charge in [-0.05, 0) is 57.4 Å². The van der Waals surface area contributed by atoms with E-state index in [-0.39, 0.29) is 17.6 Å². The summed E-state index contributed by atoms with van der Waals surface area (Å²) in [4.78, 5) is 14.4. The quantitative estimate of drug-likeness (QED) is 0.762. The molecular formula is C20H33NO2. The van der Waals surface area contributed by atoms with Crippen molar-refractivity contribution in [1.82, 2.24) is 4.90 Å². The van der Waals surface area contributed by atoms with E-state index in [0.29, 0.717) is 5.56 Å². The number of rotatable bonds is 3. The molecule has 3 heteroatoms. The van der Waals surface area contributed by atoms with Gasteiger partial charge in [-0.1, -0.05) is 33.3 Å². The van der Waals surface area contributed by atoms with Crippen molar-refractivity contribution >= 4 is 5.97 Å². The van der Waals surface area contributed by atoms with E-state index in [1.54, 1.807) is 0 Å². The zero-order chi connectivity index (χ0) is 17.6. The fourth-order valence-corrected chi connectivity index (χ4v) is 2.50. The molecule has 130 valence electrons. The molecule has 0 radical (unpaired) electrons. The predicted octanol–water partition coefficient (Wildman–Crippen LogP) is 4.61. The third kappa shape index (κ3) is 5.65. The van der Waals surface area contributed by atoms with E-state index < -0.39 is 0 Å². The minimum Gasteiger partial charge on any atom is -0.456 e. The SMILES string of the molecule is CCC.CCc1ccc(C(=O)OC2CN(C(C)(C)C)C2)cc1C. The number of likely N-dealkylation sites (tertiary alicyclic amines) is 1. The normalized spacial score (nSPS) is 15.4. The van der Waals surface area contributed by atoms with Crippen LogP contribution in [0.3, 0.4) is 0 Å². The van der Waals surface area contributed by atoms with Gasteiger partial charge >= 0.3 is 5.97 Å². The van der Waals surface area contributed by atoms with Crippen LogP contribution in [-0.2, 0) is 11.2 Å². The minimum absolute atomic E-state index is 0.0351. The summed E-state index contributed by atoms with van der Waals surface area (Å²) < 4.78 is 5.55. The Morgan fingerprint density at radius 3 is 2.22 bits per heavy atom. The number of nitrogens with zero attached hydrogens (tertiary/aromatic N) is 1. The van der Waals surface area contributed by atoms with Crippen LogP contribution in [0.4, 0.5) is 0 Å². The number of carbonyl (C=O) groups is 1. The Bertz CT molecular complexity index is 511. The highest BCUT2D eigenvalue weighted by Crippen LogP contribution is 2.23. The summed E-state index contributed by atoms with van der Waals surface area (Å²) in [6.07, 6.45) is 2.28. The number of benzene rings is 1. The van der Waals surface area contributed by atoms with Crippen LogP contribution in [0.5, 0.6) is 0 Å². The Kier molecular flexibility index (Phi) is 7.27.